The van der Waals surface area contributed by atoms with Crippen molar-refractivity contribution in [3.05, 3.63) is 48.1 Å². The number of hydrazine groups is 1. The number of amides is 1. The first-order valence-corrected chi connectivity index (χ1v) is 4.05. The number of nitrogens with one attached hydrogen (secondary N) is 1. The SMILES string of the molecule is NNC(=O)C1=C/C=C\C\C=C/C=C\1. The first-order chi connectivity index (χ1) is 6.34. The van der Waals surface area contributed by atoms with Crippen molar-refractivity contribution in [2.75, 3.05) is 0 Å². The maximum atomic E-state index is 11.1. The molecule has 1 aliphatic carbocycles. The Labute approximate surface area is 77.3 Å². The summed E-state index contributed by atoms with van der Waals surface area (Å²) in [6.45, 7) is 0. The van der Waals surface area contributed by atoms with Gasteiger partial charge in [0.1, 0.15) is 0 Å². The Morgan fingerprint density at radius 3 is 2.85 bits per heavy atom. The molecule has 0 saturated carbocycles. The predicted octanol–water partition coefficient (Wildman–Crippen LogP) is 0.975. The number of nitrogens with two attached hydrogens (primary N) is 1. The average Bonchev–Trinajstić information content (AvgIpc) is 2.29. The lowest BCUT2D eigenvalue weighted by atomic mass is 10.2. The zero-order chi connectivity index (χ0) is 9.52. The highest BCUT2D eigenvalue weighted by molar-refractivity contribution is 5.96. The Balaban J connectivity index is 2.85. The minimum absolute atomic E-state index is 0.281. The van der Waals surface area contributed by atoms with Crippen molar-refractivity contribution in [2.24, 2.45) is 5.84 Å². The molecule has 0 spiro atoms. The van der Waals surface area contributed by atoms with Crippen molar-refractivity contribution in [3.8, 4) is 0 Å². The minimum Gasteiger partial charge on any atom is -0.290 e. The molecule has 0 aromatic rings. The fourth-order valence-corrected chi connectivity index (χ4v) is 0.935. The van der Waals surface area contributed by atoms with E-state index in [1.165, 1.54) is 0 Å². The molecule has 0 bridgehead atoms. The molecular formula is C10H12N2O. The van der Waals surface area contributed by atoms with Gasteiger partial charge in [-0.15, -0.1) is 0 Å². The van der Waals surface area contributed by atoms with Gasteiger partial charge in [0.2, 0.25) is 0 Å². The average molecular weight is 176 g/mol. The number of carbonyl (C=O) groups excluding carboxylic acids is 1. The molecule has 0 aromatic heterocycles. The van der Waals surface area contributed by atoms with Gasteiger partial charge in [-0.05, 0) is 18.6 Å². The van der Waals surface area contributed by atoms with Gasteiger partial charge in [-0.2, -0.15) is 0 Å². The van der Waals surface area contributed by atoms with Crippen LogP contribution in [-0.2, 0) is 4.79 Å². The van der Waals surface area contributed by atoms with Crippen LogP contribution in [0, 0.1) is 0 Å². The fraction of sp³-hybridized carbons (Fsp3) is 0.100. The van der Waals surface area contributed by atoms with E-state index in [2.05, 4.69) is 5.43 Å². The van der Waals surface area contributed by atoms with Crippen LogP contribution in [0.15, 0.2) is 48.1 Å². The summed E-state index contributed by atoms with van der Waals surface area (Å²) in [6, 6.07) is 0. The van der Waals surface area contributed by atoms with E-state index in [4.69, 9.17) is 5.84 Å². The quantitative estimate of drug-likeness (QED) is 0.355. The lowest BCUT2D eigenvalue weighted by Gasteiger charge is -1.97. The molecule has 3 nitrogen and oxygen atoms in total. The second-order valence-corrected chi connectivity index (χ2v) is 2.55. The Morgan fingerprint density at radius 2 is 2.08 bits per heavy atom. The molecule has 0 heterocycles. The minimum atomic E-state index is -0.281. The first kappa shape index (κ1) is 9.48. The predicted molar refractivity (Wildman–Crippen MR) is 52.5 cm³/mol. The maximum absolute atomic E-state index is 11.1. The molecule has 1 aliphatic rings. The van der Waals surface area contributed by atoms with Crippen molar-refractivity contribution < 1.29 is 4.79 Å². The normalized spacial score (nSPS) is 27.0. The molecule has 0 saturated heterocycles. The summed E-state index contributed by atoms with van der Waals surface area (Å²) in [5.41, 5.74) is 2.63. The monoisotopic (exact) mass is 176 g/mol. The van der Waals surface area contributed by atoms with Gasteiger partial charge in [0.25, 0.3) is 5.91 Å². The molecule has 0 atom stereocenters. The van der Waals surface area contributed by atoms with Crippen LogP contribution in [0.5, 0.6) is 0 Å². The highest BCUT2D eigenvalue weighted by atomic mass is 16.2. The first-order valence-electron chi connectivity index (χ1n) is 4.05. The fourth-order valence-electron chi connectivity index (χ4n) is 0.935. The summed E-state index contributed by atoms with van der Waals surface area (Å²) >= 11 is 0. The highest BCUT2D eigenvalue weighted by Crippen LogP contribution is 2.01. The molecule has 0 unspecified atom stereocenters. The third-order valence-corrected chi connectivity index (χ3v) is 1.60. The van der Waals surface area contributed by atoms with Crippen LogP contribution in [-0.4, -0.2) is 5.91 Å². The van der Waals surface area contributed by atoms with Crippen LogP contribution in [0.25, 0.3) is 0 Å². The number of hydrogen-bond donors (Lipinski definition) is 2. The van der Waals surface area contributed by atoms with Gasteiger partial charge in [0.15, 0.2) is 0 Å². The zero-order valence-corrected chi connectivity index (χ0v) is 7.23. The smallest absolute Gasteiger partial charge is 0.265 e. The molecule has 3 heteroatoms. The summed E-state index contributed by atoms with van der Waals surface area (Å²) in [7, 11) is 0. The van der Waals surface area contributed by atoms with Crippen LogP contribution >= 0.6 is 0 Å². The van der Waals surface area contributed by atoms with Gasteiger partial charge < -0.3 is 0 Å². The van der Waals surface area contributed by atoms with E-state index in [9.17, 15) is 4.79 Å². The van der Waals surface area contributed by atoms with Gasteiger partial charge in [-0.25, -0.2) is 5.84 Å². The van der Waals surface area contributed by atoms with Crippen molar-refractivity contribution in [3.63, 3.8) is 0 Å². The van der Waals surface area contributed by atoms with E-state index < -0.39 is 0 Å². The Kier molecular flexibility index (Phi) is 3.73. The Bertz CT molecular complexity index is 298. The molecule has 13 heavy (non-hydrogen) atoms. The van der Waals surface area contributed by atoms with E-state index in [1.54, 1.807) is 12.2 Å². The topological polar surface area (TPSA) is 55.1 Å². The molecule has 1 amide bonds. The van der Waals surface area contributed by atoms with E-state index >= 15 is 0 Å². The number of carbonyl (C=O) groups is 1. The van der Waals surface area contributed by atoms with Crippen LogP contribution in [0.3, 0.4) is 0 Å². The Hall–Kier alpha value is -1.61. The molecule has 0 aromatic carbocycles. The number of hydrogen-bond acceptors (Lipinski definition) is 2. The van der Waals surface area contributed by atoms with E-state index in [1.807, 2.05) is 30.4 Å². The molecule has 0 fully saturated rings. The lowest BCUT2D eigenvalue weighted by molar-refractivity contribution is -0.117. The highest BCUT2D eigenvalue weighted by Gasteiger charge is 2.01. The Morgan fingerprint density at radius 1 is 1.31 bits per heavy atom. The van der Waals surface area contributed by atoms with Crippen LogP contribution in [0.4, 0.5) is 0 Å². The standard InChI is InChI=1S/C10H12N2O/c11-12-10(13)9-7-5-3-1-2-4-6-8-9/h1,3-8H,2,11H2,(H,12,13)/b3-1-,6-4-,7-5-,9-8+. The lowest BCUT2D eigenvalue weighted by Crippen LogP contribution is -2.30. The van der Waals surface area contributed by atoms with Crippen molar-refractivity contribution >= 4 is 5.91 Å². The van der Waals surface area contributed by atoms with Gasteiger partial charge in [-0.3, -0.25) is 10.2 Å². The molecule has 3 N–H and O–H groups in total. The molecule has 1 rings (SSSR count). The van der Waals surface area contributed by atoms with Gasteiger partial charge in [0.05, 0.1) is 0 Å². The van der Waals surface area contributed by atoms with E-state index in [0.29, 0.717) is 5.57 Å². The zero-order valence-electron chi connectivity index (χ0n) is 7.23. The second kappa shape index (κ2) is 5.11. The third kappa shape index (κ3) is 3.09. The van der Waals surface area contributed by atoms with Crippen LogP contribution in [0.1, 0.15) is 6.42 Å². The second-order valence-electron chi connectivity index (χ2n) is 2.55. The van der Waals surface area contributed by atoms with E-state index in [0.717, 1.165) is 6.42 Å². The largest absolute Gasteiger partial charge is 0.290 e. The van der Waals surface area contributed by atoms with Gasteiger partial charge in [-0.1, -0.05) is 30.4 Å². The summed E-state index contributed by atoms with van der Waals surface area (Å²) in [4.78, 5) is 11.1. The maximum Gasteiger partial charge on any atom is 0.265 e. The molecular weight excluding hydrogens is 164 g/mol. The van der Waals surface area contributed by atoms with E-state index in [-0.39, 0.29) is 5.91 Å². The van der Waals surface area contributed by atoms with Crippen molar-refractivity contribution in [1.29, 1.82) is 0 Å². The summed E-state index contributed by atoms with van der Waals surface area (Å²) < 4.78 is 0. The van der Waals surface area contributed by atoms with Crippen molar-refractivity contribution in [2.45, 2.75) is 6.42 Å². The van der Waals surface area contributed by atoms with Crippen molar-refractivity contribution in [1.82, 2.24) is 5.43 Å². The van der Waals surface area contributed by atoms with Crippen LogP contribution in [0.2, 0.25) is 0 Å². The number of allylic oxidation sites excluding steroid dienone is 6. The molecule has 0 radical (unpaired) electrons. The molecule has 0 aliphatic heterocycles. The van der Waals surface area contributed by atoms with Gasteiger partial charge >= 0.3 is 0 Å². The van der Waals surface area contributed by atoms with Gasteiger partial charge in [0, 0.05) is 5.57 Å². The molecule has 68 valence electrons. The number of rotatable bonds is 1. The summed E-state index contributed by atoms with van der Waals surface area (Å²) in [5, 5.41) is 0. The summed E-state index contributed by atoms with van der Waals surface area (Å²) in [6.07, 6.45) is 13.8. The van der Waals surface area contributed by atoms with Crippen LogP contribution < -0.4 is 11.3 Å². The summed E-state index contributed by atoms with van der Waals surface area (Å²) in [5.74, 6) is 4.73. The third-order valence-electron chi connectivity index (χ3n) is 1.60.